The minimum atomic E-state index is 0. The molecule has 54 heavy (non-hydrogen) atoms. The summed E-state index contributed by atoms with van der Waals surface area (Å²) >= 11 is 0. The summed E-state index contributed by atoms with van der Waals surface area (Å²) in [6.07, 6.45) is 14.8. The predicted molar refractivity (Wildman–Crippen MR) is 302 cm³/mol. The van der Waals surface area contributed by atoms with Gasteiger partial charge in [-0.3, -0.25) is 0 Å². The normalized spacial score (nSPS) is 5.17. The van der Waals surface area contributed by atoms with Gasteiger partial charge in [0, 0.05) is 223 Å². The van der Waals surface area contributed by atoms with Crippen LogP contribution >= 0.6 is 0 Å². The van der Waals surface area contributed by atoms with Gasteiger partial charge < -0.3 is 15.2 Å². The maximum Gasteiger partial charge on any atom is 0.148 e. The zero-order valence-electron chi connectivity index (χ0n) is 27.5. The molecule has 2 N–H and O–H groups in total. The molecule has 0 aliphatic rings. The van der Waals surface area contributed by atoms with Gasteiger partial charge in [0.25, 0.3) is 0 Å². The number of hydrogen-bond donors (Lipinski definition) is 1. The van der Waals surface area contributed by atoms with Crippen molar-refractivity contribution >= 4 is 0 Å². The smallest absolute Gasteiger partial charge is 0.148 e. The Morgan fingerprint density at radius 1 is 0.370 bits per heavy atom. The number of terminal acetylenes is 2. The summed E-state index contributed by atoms with van der Waals surface area (Å²) in [6.45, 7) is 0.203. The second-order valence-corrected chi connectivity index (χ2v) is 7.42. The molecule has 0 fully saturated rings. The molecular formula is C51H97NO2. The Kier molecular flexibility index (Phi) is 25.5. The number of nitrogens with two attached hydrogens (primary N) is 1. The molecule has 0 saturated carbocycles. The van der Waals surface area contributed by atoms with E-state index in [1.807, 2.05) is 0 Å². The van der Waals surface area contributed by atoms with Gasteiger partial charge in [-0.1, -0.05) is 6.07 Å². The number of ether oxygens (including phenoxy) is 2. The fraction of sp³-hybridized carbons (Fsp3) is 0.0196. The summed E-state index contributed by atoms with van der Waals surface area (Å²) in [4.78, 5) is 0. The summed E-state index contributed by atoms with van der Waals surface area (Å²) in [7, 11) is 0. The third-order valence-corrected chi connectivity index (χ3v) is 4.08. The van der Waals surface area contributed by atoms with Crippen LogP contribution in [-0.4, -0.2) is 0 Å². The minimum Gasteiger partial charge on any atom is -0.407 e. The van der Waals surface area contributed by atoms with Crippen molar-refractivity contribution in [1.82, 2.24) is 0 Å². The largest absolute Gasteiger partial charge is 0.407 e. The highest BCUT2D eigenvalue weighted by Crippen LogP contribution is 2.24. The molecule has 0 amide bonds. The Balaban J connectivity index is -0.0000000158. The third kappa shape index (κ3) is 26.3. The third-order valence-electron chi connectivity index (χ3n) is 4.08. The Morgan fingerprint density at radius 3 is 0.907 bits per heavy atom. The molecule has 318 valence electrons. The fourth-order valence-corrected chi connectivity index (χ4v) is 2.21. The van der Waals surface area contributed by atoms with E-state index in [0.29, 0.717) is 17.1 Å². The highest BCUT2D eigenvalue weighted by Gasteiger charge is 2.04. The molecule has 0 bridgehead atoms. The van der Waals surface area contributed by atoms with E-state index < -0.39 is 0 Å². The average molecular weight is 756 g/mol. The molecule has 3 nitrogen and oxygen atoms in total. The van der Waals surface area contributed by atoms with E-state index >= 15 is 0 Å². The van der Waals surface area contributed by atoms with Crippen LogP contribution in [0, 0.1) is 262 Å². The Bertz CT molecular complexity index is 3210. The van der Waals surface area contributed by atoms with Gasteiger partial charge in [0.2, 0.25) is 0 Å². The predicted octanol–water partition coefficient (Wildman–Crippen LogP) is 12.0. The first-order valence-corrected chi connectivity index (χ1v) is 13.9. The van der Waals surface area contributed by atoms with Crippen molar-refractivity contribution in [3.63, 3.8) is 0 Å². The van der Waals surface area contributed by atoms with Crippen LogP contribution in [0.1, 0.15) is 68.3 Å². The molecule has 0 aromatic heterocycles. The quantitative estimate of drug-likeness (QED) is 0.313. The molecule has 1 aromatic rings. The second kappa shape index (κ2) is 33.5. The van der Waals surface area contributed by atoms with Crippen molar-refractivity contribution < 1.29 is 72.2 Å². The summed E-state index contributed by atoms with van der Waals surface area (Å²) in [6, 6.07) is 4.95. The monoisotopic (exact) mass is 756 g/mol. The van der Waals surface area contributed by atoms with Gasteiger partial charge in [-0.2, -0.15) is 0 Å². The lowest BCUT2D eigenvalue weighted by molar-refractivity contribution is 0.491. The molecule has 3 heteroatoms. The van der Waals surface area contributed by atoms with Gasteiger partial charge in [0.15, 0.2) is 0 Å². The zero-order chi connectivity index (χ0) is 38.7. The van der Waals surface area contributed by atoms with Crippen molar-refractivity contribution in [3.05, 3.63) is 23.8 Å². The molecule has 0 radical (unpaired) electrons. The molecular weight excluding hydrogens is 659 g/mol. The number of hydrogen-bond acceptors (Lipinski definition) is 3. The summed E-state index contributed by atoms with van der Waals surface area (Å²) in [5.41, 5.74) is 6.46. The first-order valence-electron chi connectivity index (χ1n) is 13.9. The van der Waals surface area contributed by atoms with Crippen LogP contribution in [0.5, 0.6) is 11.5 Å². The molecule has 1 aromatic carbocycles. The lowest BCUT2D eigenvalue weighted by Gasteiger charge is -2.05. The van der Waals surface area contributed by atoms with E-state index in [1.165, 1.54) is 0 Å². The van der Waals surface area contributed by atoms with Crippen LogP contribution in [0.4, 0.5) is 0 Å². The maximum atomic E-state index is 5.77. The van der Waals surface area contributed by atoms with Crippen molar-refractivity contribution in [2.24, 2.45) is 5.73 Å². The van der Waals surface area contributed by atoms with E-state index in [4.69, 9.17) is 28.1 Å². The number of rotatable bonds is 3. The van der Waals surface area contributed by atoms with Gasteiger partial charge in [-0.15, -0.1) is 12.8 Å². The van der Waals surface area contributed by atoms with Crippen molar-refractivity contribution in [2.45, 2.75) is 6.54 Å². The number of benzene rings is 1. The molecule has 0 heterocycles. The van der Waals surface area contributed by atoms with Gasteiger partial charge in [-0.25, -0.2) is 0 Å². The topological polar surface area (TPSA) is 44.5 Å². The minimum absolute atomic E-state index is 0. The molecule has 0 unspecified atom stereocenters. The lowest BCUT2D eigenvalue weighted by atomic mass is 10.2. The Morgan fingerprint density at radius 2 is 0.630 bits per heavy atom. The first-order chi connectivity index (χ1) is 26.8. The van der Waals surface area contributed by atoms with E-state index in [9.17, 15) is 0 Å². The Labute approximate surface area is 383 Å². The van der Waals surface area contributed by atoms with Crippen LogP contribution in [0.15, 0.2) is 18.2 Å². The van der Waals surface area contributed by atoms with E-state index in [1.54, 1.807) is 18.2 Å². The zero-order valence-corrected chi connectivity index (χ0v) is 27.5. The van der Waals surface area contributed by atoms with Crippen molar-refractivity contribution in [3.8, 4) is 273 Å². The molecule has 0 spiro atoms. The standard InChI is InChI=1S/C51H9NO2.44H2/c1-3-5-7-9-11-13-15-17-19-21-23-25-27-29-31-33-35-37-39-41-45-53-50-44-43-49(48-52)51(47-50)54-46-42-40-38-36-34-32-30-28-26-24-22-20-18-16-14-12-10-8-6-4-2;;;;;;;;;;;;;;;;;;;;;;;;;;;;;;;;;;;;;;;;;;;;/h1-2,43-44,47H,48,52H2;44*1H. The van der Waals surface area contributed by atoms with Crippen LogP contribution in [0.3, 0.4) is 0 Å². The summed E-state index contributed by atoms with van der Waals surface area (Å²) < 4.78 is 10.8. The molecule has 1 rings (SSSR count). The van der Waals surface area contributed by atoms with E-state index in [0.717, 1.165) is 0 Å². The average Bonchev–Trinajstić information content (AvgIpc) is 3.19. The fourth-order valence-electron chi connectivity index (χ4n) is 2.21. The highest BCUT2D eigenvalue weighted by atomic mass is 16.5. The first kappa shape index (κ1) is 41.1. The van der Waals surface area contributed by atoms with Gasteiger partial charge >= 0.3 is 0 Å². The van der Waals surface area contributed by atoms with Crippen molar-refractivity contribution in [1.29, 1.82) is 0 Å². The summed E-state index contributed by atoms with van der Waals surface area (Å²) in [5, 5.41) is 0. The Hall–Kier alpha value is -10.9. The van der Waals surface area contributed by atoms with Crippen LogP contribution in [0.25, 0.3) is 0 Å². The van der Waals surface area contributed by atoms with Crippen LogP contribution < -0.4 is 15.2 Å². The molecule has 0 aliphatic heterocycles. The summed E-state index contributed by atoms with van der Waals surface area (Å²) in [5.74, 6) is 99.3. The van der Waals surface area contributed by atoms with E-state index in [-0.39, 0.29) is 69.3 Å². The van der Waals surface area contributed by atoms with E-state index in [2.05, 4.69) is 249 Å². The maximum absolute atomic E-state index is 5.77. The SMILES string of the molecule is C#CC#CC#CC#CC#CC#CC#CC#CC#CC#CC#COc1ccc(CN)c(OC#CC#CC#CC#CC#CC#CC#CC#CC#CC#CC#C)c1.[HH].[HH].[HH].[HH].[HH].[HH].[HH].[HH].[HH].[HH].[HH].[HH].[HH].[HH].[HH].[HH].[HH].[HH].[HH].[HH].[HH].[HH].[HH].[HH].[HH].[HH].[HH].[HH].[HH].[HH].[HH].[HH].[HH].[HH].[HH].[HH].[HH].[HH].[HH].[HH].[HH].[HH].[HH].[HH]. The van der Waals surface area contributed by atoms with Crippen LogP contribution in [0.2, 0.25) is 0 Å². The lowest BCUT2D eigenvalue weighted by Crippen LogP contribution is -1.99. The molecule has 0 atom stereocenters. The van der Waals surface area contributed by atoms with Crippen LogP contribution in [-0.2, 0) is 6.54 Å². The molecule has 0 saturated heterocycles. The molecule has 0 aliphatic carbocycles. The second-order valence-electron chi connectivity index (χ2n) is 7.42. The van der Waals surface area contributed by atoms with Gasteiger partial charge in [0.05, 0.1) is 0 Å². The van der Waals surface area contributed by atoms with Gasteiger partial charge in [0.1, 0.15) is 23.7 Å². The van der Waals surface area contributed by atoms with Gasteiger partial charge in [-0.05, 0) is 101 Å². The highest BCUT2D eigenvalue weighted by molar-refractivity contribution is 5.50. The van der Waals surface area contributed by atoms with Crippen molar-refractivity contribution in [2.75, 3.05) is 0 Å².